The average molecular weight is 499 g/mol. The minimum absolute atomic E-state index is 0.148. The zero-order valence-corrected chi connectivity index (χ0v) is 21.2. The number of pyridine rings is 1. The summed E-state index contributed by atoms with van der Waals surface area (Å²) in [6.45, 7) is 3.44. The maximum atomic E-state index is 13.5. The maximum Gasteiger partial charge on any atom is 0.339 e. The normalized spacial score (nSPS) is 14.5. The number of fused-ring (bicyclic) bond motifs is 1. The van der Waals surface area contributed by atoms with Gasteiger partial charge < -0.3 is 14.8 Å². The first-order valence-electron chi connectivity index (χ1n) is 12.6. The molecule has 0 aliphatic heterocycles. The van der Waals surface area contributed by atoms with Crippen LogP contribution in [0.25, 0.3) is 28.0 Å². The number of hydrogen-bond donors (Lipinski definition) is 1. The van der Waals surface area contributed by atoms with Crippen LogP contribution in [0, 0.1) is 6.92 Å². The van der Waals surface area contributed by atoms with Crippen molar-refractivity contribution < 1.29 is 19.1 Å². The fourth-order valence-corrected chi connectivity index (χ4v) is 4.78. The van der Waals surface area contributed by atoms with E-state index in [1.165, 1.54) is 0 Å². The molecule has 4 aromatic rings. The summed E-state index contributed by atoms with van der Waals surface area (Å²) in [6.07, 6.45) is 3.20. The summed E-state index contributed by atoms with van der Waals surface area (Å²) in [5.41, 5.74) is 3.71. The van der Waals surface area contributed by atoms with E-state index in [2.05, 4.69) is 5.32 Å². The fourth-order valence-electron chi connectivity index (χ4n) is 4.78. The van der Waals surface area contributed by atoms with Gasteiger partial charge in [0.05, 0.1) is 35.1 Å². The standard InChI is InChI=1S/C29H30N4O4/c1-18-26-24(29(35)37-19(2)28(34)30-21-9-7-8-10-21)17-25(20-13-15-23(36-3)16-14-20)31-27(26)33(32-18)22-11-5-4-6-12-22/h4-6,11-17,19,21H,7-10H2,1-3H3,(H,30,34)/t19-/m0/s1. The van der Waals surface area contributed by atoms with Crippen molar-refractivity contribution in [3.8, 4) is 22.7 Å². The number of hydrogen-bond acceptors (Lipinski definition) is 6. The van der Waals surface area contributed by atoms with Gasteiger partial charge in [0.1, 0.15) is 5.75 Å². The number of aryl methyl sites for hydroxylation is 1. The quantitative estimate of drug-likeness (QED) is 0.360. The second kappa shape index (κ2) is 10.4. The lowest BCUT2D eigenvalue weighted by Gasteiger charge is -2.17. The SMILES string of the molecule is COc1ccc(-c2cc(C(=O)O[C@@H](C)C(=O)NC3CCCC3)c3c(C)nn(-c4ccccc4)c3n2)cc1. The highest BCUT2D eigenvalue weighted by Gasteiger charge is 2.27. The molecule has 1 N–H and O–H groups in total. The summed E-state index contributed by atoms with van der Waals surface area (Å²) in [5, 5.41) is 8.29. The van der Waals surface area contributed by atoms with Crippen LogP contribution in [0.1, 0.15) is 48.7 Å². The predicted molar refractivity (Wildman–Crippen MR) is 141 cm³/mol. The summed E-state index contributed by atoms with van der Waals surface area (Å²) in [6, 6.07) is 18.9. The molecular formula is C29H30N4O4. The second-order valence-corrected chi connectivity index (χ2v) is 9.35. The van der Waals surface area contributed by atoms with Crippen LogP contribution in [-0.2, 0) is 9.53 Å². The summed E-state index contributed by atoms with van der Waals surface area (Å²) in [5.74, 6) is -0.152. The number of carbonyl (C=O) groups is 2. The molecular weight excluding hydrogens is 468 g/mol. The van der Waals surface area contributed by atoms with Gasteiger partial charge in [-0.05, 0) is 69.2 Å². The van der Waals surface area contributed by atoms with Crippen molar-refractivity contribution in [3.63, 3.8) is 0 Å². The van der Waals surface area contributed by atoms with Crippen LogP contribution < -0.4 is 10.1 Å². The number of nitrogens with zero attached hydrogens (tertiary/aromatic N) is 3. The molecule has 1 amide bonds. The van der Waals surface area contributed by atoms with Crippen molar-refractivity contribution in [3.05, 3.63) is 71.9 Å². The molecule has 8 nitrogen and oxygen atoms in total. The van der Waals surface area contributed by atoms with Gasteiger partial charge in [0, 0.05) is 11.6 Å². The number of esters is 1. The molecule has 1 fully saturated rings. The summed E-state index contributed by atoms with van der Waals surface area (Å²) in [4.78, 5) is 31.1. The monoisotopic (exact) mass is 498 g/mol. The summed E-state index contributed by atoms with van der Waals surface area (Å²) >= 11 is 0. The Balaban J connectivity index is 1.55. The second-order valence-electron chi connectivity index (χ2n) is 9.35. The molecule has 1 saturated carbocycles. The minimum atomic E-state index is -0.926. The highest BCUT2D eigenvalue weighted by atomic mass is 16.5. The zero-order chi connectivity index (χ0) is 25.9. The lowest BCUT2D eigenvalue weighted by atomic mass is 10.1. The van der Waals surface area contributed by atoms with Crippen molar-refractivity contribution in [2.24, 2.45) is 0 Å². The molecule has 0 spiro atoms. The Bertz CT molecular complexity index is 1420. The van der Waals surface area contributed by atoms with E-state index in [0.29, 0.717) is 28.0 Å². The number of rotatable bonds is 7. The van der Waals surface area contributed by atoms with Crippen LogP contribution in [0.5, 0.6) is 5.75 Å². The van der Waals surface area contributed by atoms with E-state index in [4.69, 9.17) is 19.6 Å². The lowest BCUT2D eigenvalue weighted by Crippen LogP contribution is -2.40. The van der Waals surface area contributed by atoms with Crippen LogP contribution in [0.15, 0.2) is 60.7 Å². The van der Waals surface area contributed by atoms with E-state index in [1.807, 2.05) is 61.5 Å². The van der Waals surface area contributed by atoms with E-state index in [9.17, 15) is 9.59 Å². The Morgan fingerprint density at radius 1 is 1.05 bits per heavy atom. The number of nitrogens with one attached hydrogen (secondary N) is 1. The van der Waals surface area contributed by atoms with Gasteiger partial charge in [0.15, 0.2) is 11.8 Å². The Kier molecular flexibility index (Phi) is 6.90. The Hall–Kier alpha value is -4.20. The van der Waals surface area contributed by atoms with Crippen molar-refractivity contribution >= 4 is 22.9 Å². The summed E-state index contributed by atoms with van der Waals surface area (Å²) in [7, 11) is 1.61. The number of methoxy groups -OCH3 is 1. The van der Waals surface area contributed by atoms with Gasteiger partial charge in [-0.1, -0.05) is 31.0 Å². The number of ether oxygens (including phenoxy) is 2. The maximum absolute atomic E-state index is 13.5. The largest absolute Gasteiger partial charge is 0.497 e. The molecule has 2 aromatic heterocycles. The van der Waals surface area contributed by atoms with Crippen molar-refractivity contribution in [2.75, 3.05) is 7.11 Å². The lowest BCUT2D eigenvalue weighted by molar-refractivity contribution is -0.129. The van der Waals surface area contributed by atoms with Gasteiger partial charge in [-0.2, -0.15) is 5.10 Å². The van der Waals surface area contributed by atoms with Crippen molar-refractivity contribution in [1.82, 2.24) is 20.1 Å². The Labute approximate surface area is 215 Å². The topological polar surface area (TPSA) is 95.3 Å². The molecule has 2 heterocycles. The van der Waals surface area contributed by atoms with Gasteiger partial charge in [-0.25, -0.2) is 14.5 Å². The molecule has 0 unspecified atom stereocenters. The molecule has 1 atom stereocenters. The number of carbonyl (C=O) groups excluding carboxylic acids is 2. The molecule has 0 saturated heterocycles. The zero-order valence-electron chi connectivity index (χ0n) is 21.2. The first-order valence-corrected chi connectivity index (χ1v) is 12.6. The highest BCUT2D eigenvalue weighted by Crippen LogP contribution is 2.30. The van der Waals surface area contributed by atoms with Crippen LogP contribution in [-0.4, -0.2) is 45.9 Å². The fraction of sp³-hybridized carbons (Fsp3) is 0.310. The Morgan fingerprint density at radius 2 is 1.76 bits per heavy atom. The Morgan fingerprint density at radius 3 is 2.43 bits per heavy atom. The molecule has 2 aromatic carbocycles. The van der Waals surface area contributed by atoms with E-state index in [-0.39, 0.29) is 11.9 Å². The molecule has 8 heteroatoms. The first-order chi connectivity index (χ1) is 17.9. The minimum Gasteiger partial charge on any atom is -0.497 e. The molecule has 37 heavy (non-hydrogen) atoms. The highest BCUT2D eigenvalue weighted by molar-refractivity contribution is 6.06. The third-order valence-corrected chi connectivity index (χ3v) is 6.77. The van der Waals surface area contributed by atoms with E-state index in [1.54, 1.807) is 24.8 Å². The van der Waals surface area contributed by atoms with Crippen LogP contribution in [0.2, 0.25) is 0 Å². The van der Waals surface area contributed by atoms with E-state index < -0.39 is 12.1 Å². The molecule has 1 aliphatic rings. The number of benzene rings is 2. The smallest absolute Gasteiger partial charge is 0.339 e. The molecule has 190 valence electrons. The third kappa shape index (κ3) is 5.05. The number of aromatic nitrogens is 3. The van der Waals surface area contributed by atoms with Crippen molar-refractivity contribution in [1.29, 1.82) is 0 Å². The van der Waals surface area contributed by atoms with Crippen LogP contribution in [0.4, 0.5) is 0 Å². The van der Waals surface area contributed by atoms with E-state index in [0.717, 1.165) is 42.7 Å². The van der Waals surface area contributed by atoms with Gasteiger partial charge in [0.2, 0.25) is 0 Å². The molecule has 1 aliphatic carbocycles. The van der Waals surface area contributed by atoms with E-state index >= 15 is 0 Å². The first kappa shape index (κ1) is 24.5. The van der Waals surface area contributed by atoms with Gasteiger partial charge in [-0.15, -0.1) is 0 Å². The third-order valence-electron chi connectivity index (χ3n) is 6.77. The van der Waals surface area contributed by atoms with Gasteiger partial charge >= 0.3 is 5.97 Å². The molecule has 5 rings (SSSR count). The molecule has 0 radical (unpaired) electrons. The number of amides is 1. The molecule has 0 bridgehead atoms. The average Bonchev–Trinajstić information content (AvgIpc) is 3.56. The predicted octanol–water partition coefficient (Wildman–Crippen LogP) is 5.01. The number of para-hydroxylation sites is 1. The summed E-state index contributed by atoms with van der Waals surface area (Å²) < 4.78 is 12.7. The van der Waals surface area contributed by atoms with Crippen molar-refractivity contribution in [2.45, 2.75) is 51.7 Å². The van der Waals surface area contributed by atoms with Gasteiger partial charge in [0.25, 0.3) is 5.91 Å². The van der Waals surface area contributed by atoms with Gasteiger partial charge in [-0.3, -0.25) is 4.79 Å². The van der Waals surface area contributed by atoms with Crippen LogP contribution >= 0.6 is 0 Å². The van der Waals surface area contributed by atoms with Crippen LogP contribution in [0.3, 0.4) is 0 Å².